The molecule has 0 aromatic rings. The summed E-state index contributed by atoms with van der Waals surface area (Å²) in [5.74, 6) is -1.91. The predicted molar refractivity (Wildman–Crippen MR) is 65.6 cm³/mol. The van der Waals surface area contributed by atoms with Gasteiger partial charge in [0.05, 0.1) is 17.9 Å². The Kier molecular flexibility index (Phi) is 6.20. The van der Waals surface area contributed by atoms with Gasteiger partial charge in [0.1, 0.15) is 0 Å². The molecule has 0 radical (unpaired) electrons. The van der Waals surface area contributed by atoms with E-state index in [0.717, 1.165) is 25.7 Å². The van der Waals surface area contributed by atoms with E-state index in [1.165, 1.54) is 0 Å². The first kappa shape index (κ1) is 14.5. The Morgan fingerprint density at radius 1 is 1.22 bits per heavy atom. The van der Waals surface area contributed by atoms with Crippen LogP contribution < -0.4 is 5.32 Å². The van der Waals surface area contributed by atoms with Gasteiger partial charge in [-0.2, -0.15) is 5.26 Å². The Labute approximate surface area is 107 Å². The number of nitriles is 1. The van der Waals surface area contributed by atoms with Crippen molar-refractivity contribution in [3.8, 4) is 6.07 Å². The largest absolute Gasteiger partial charge is 0.481 e. The van der Waals surface area contributed by atoms with E-state index in [4.69, 9.17) is 10.4 Å². The number of nitrogens with zero attached hydrogens (tertiary/aromatic N) is 1. The molecule has 5 nitrogen and oxygen atoms in total. The average Bonchev–Trinajstić information content (AvgIpc) is 2.38. The van der Waals surface area contributed by atoms with E-state index in [2.05, 4.69) is 11.4 Å². The van der Waals surface area contributed by atoms with Crippen molar-refractivity contribution in [3.63, 3.8) is 0 Å². The maximum absolute atomic E-state index is 11.9. The number of aliphatic carboxylic acids is 1. The highest BCUT2D eigenvalue weighted by atomic mass is 16.4. The molecule has 2 atom stereocenters. The Morgan fingerprint density at radius 2 is 1.89 bits per heavy atom. The molecular weight excluding hydrogens is 232 g/mol. The summed E-state index contributed by atoms with van der Waals surface area (Å²) in [7, 11) is 0. The van der Waals surface area contributed by atoms with Crippen molar-refractivity contribution in [3.05, 3.63) is 0 Å². The summed E-state index contributed by atoms with van der Waals surface area (Å²) in [4.78, 5) is 23.0. The van der Waals surface area contributed by atoms with E-state index in [1.54, 1.807) is 0 Å². The van der Waals surface area contributed by atoms with Crippen molar-refractivity contribution in [1.29, 1.82) is 5.26 Å². The highest BCUT2D eigenvalue weighted by Gasteiger charge is 2.35. The molecule has 0 heterocycles. The zero-order valence-corrected chi connectivity index (χ0v) is 10.5. The molecule has 0 saturated heterocycles. The third-order valence-corrected chi connectivity index (χ3v) is 3.43. The molecule has 1 fully saturated rings. The molecule has 1 aliphatic rings. The second-order valence-electron chi connectivity index (χ2n) is 4.74. The van der Waals surface area contributed by atoms with Crippen LogP contribution in [0.1, 0.15) is 44.9 Å². The fourth-order valence-electron chi connectivity index (χ4n) is 2.41. The number of carboxylic acid groups (broad SMARTS) is 1. The lowest BCUT2D eigenvalue weighted by atomic mass is 9.78. The first-order chi connectivity index (χ1) is 8.66. The maximum Gasteiger partial charge on any atom is 0.307 e. The van der Waals surface area contributed by atoms with Gasteiger partial charge in [0.2, 0.25) is 5.91 Å². The SMILES string of the molecule is N#CCCCCNC(=O)[C@@H]1CCCC[C@@H]1C(=O)O. The second kappa shape index (κ2) is 7.70. The van der Waals surface area contributed by atoms with Gasteiger partial charge in [-0.3, -0.25) is 9.59 Å². The fourth-order valence-corrected chi connectivity index (χ4v) is 2.41. The van der Waals surface area contributed by atoms with Crippen LogP contribution in [-0.4, -0.2) is 23.5 Å². The number of nitrogens with one attached hydrogen (secondary N) is 1. The minimum atomic E-state index is -0.862. The molecule has 1 aliphatic carbocycles. The molecule has 5 heteroatoms. The Morgan fingerprint density at radius 3 is 2.50 bits per heavy atom. The molecule has 0 unspecified atom stereocenters. The first-order valence-corrected chi connectivity index (χ1v) is 6.54. The van der Waals surface area contributed by atoms with Crippen LogP contribution in [0.3, 0.4) is 0 Å². The molecule has 0 spiro atoms. The monoisotopic (exact) mass is 252 g/mol. The normalized spacial score (nSPS) is 23.1. The minimum absolute atomic E-state index is 0.140. The summed E-state index contributed by atoms with van der Waals surface area (Å²) in [6.07, 6.45) is 5.12. The van der Waals surface area contributed by atoms with Gasteiger partial charge in [-0.05, 0) is 25.7 Å². The summed E-state index contributed by atoms with van der Waals surface area (Å²) in [6, 6.07) is 2.05. The molecule has 0 aliphatic heterocycles. The van der Waals surface area contributed by atoms with Crippen LogP contribution in [-0.2, 0) is 9.59 Å². The highest BCUT2D eigenvalue weighted by molar-refractivity contribution is 5.84. The molecule has 18 heavy (non-hydrogen) atoms. The lowest BCUT2D eigenvalue weighted by molar-refractivity contribution is -0.148. The summed E-state index contributed by atoms with van der Waals surface area (Å²) < 4.78 is 0. The van der Waals surface area contributed by atoms with Gasteiger partial charge in [-0.1, -0.05) is 12.8 Å². The molecule has 0 aromatic carbocycles. The third kappa shape index (κ3) is 4.36. The molecule has 0 bridgehead atoms. The molecule has 1 rings (SSSR count). The number of carbonyl (C=O) groups excluding carboxylic acids is 1. The van der Waals surface area contributed by atoms with Crippen LogP contribution in [0.2, 0.25) is 0 Å². The number of unbranched alkanes of at least 4 members (excludes halogenated alkanes) is 2. The van der Waals surface area contributed by atoms with Gasteiger partial charge in [0.15, 0.2) is 0 Å². The van der Waals surface area contributed by atoms with E-state index in [1.807, 2.05) is 0 Å². The predicted octanol–water partition coefficient (Wildman–Crippen LogP) is 1.69. The smallest absolute Gasteiger partial charge is 0.307 e. The van der Waals surface area contributed by atoms with Crippen LogP contribution in [0.25, 0.3) is 0 Å². The van der Waals surface area contributed by atoms with Crippen LogP contribution >= 0.6 is 0 Å². The van der Waals surface area contributed by atoms with Crippen LogP contribution in [0.15, 0.2) is 0 Å². The van der Waals surface area contributed by atoms with E-state index in [-0.39, 0.29) is 11.8 Å². The number of hydrogen-bond donors (Lipinski definition) is 2. The lowest BCUT2D eigenvalue weighted by Crippen LogP contribution is -2.40. The molecule has 1 saturated carbocycles. The maximum atomic E-state index is 11.9. The number of hydrogen-bond acceptors (Lipinski definition) is 3. The van der Waals surface area contributed by atoms with Crippen LogP contribution in [0.5, 0.6) is 0 Å². The fraction of sp³-hybridized carbons (Fsp3) is 0.769. The van der Waals surface area contributed by atoms with Crippen molar-refractivity contribution >= 4 is 11.9 Å². The zero-order valence-electron chi connectivity index (χ0n) is 10.5. The van der Waals surface area contributed by atoms with E-state index >= 15 is 0 Å². The Bertz CT molecular complexity index is 336. The van der Waals surface area contributed by atoms with Gasteiger partial charge in [-0.15, -0.1) is 0 Å². The van der Waals surface area contributed by atoms with Crippen molar-refractivity contribution < 1.29 is 14.7 Å². The van der Waals surface area contributed by atoms with Gasteiger partial charge in [-0.25, -0.2) is 0 Å². The first-order valence-electron chi connectivity index (χ1n) is 6.54. The highest BCUT2D eigenvalue weighted by Crippen LogP contribution is 2.30. The van der Waals surface area contributed by atoms with Crippen molar-refractivity contribution in [1.82, 2.24) is 5.32 Å². The van der Waals surface area contributed by atoms with Crippen molar-refractivity contribution in [2.24, 2.45) is 11.8 Å². The van der Waals surface area contributed by atoms with E-state index < -0.39 is 11.9 Å². The molecule has 100 valence electrons. The summed E-state index contributed by atoms with van der Waals surface area (Å²) >= 11 is 0. The van der Waals surface area contributed by atoms with Gasteiger partial charge in [0, 0.05) is 13.0 Å². The standard InChI is InChI=1S/C13H20N2O3/c14-8-4-1-5-9-15-12(16)10-6-2-3-7-11(10)13(17)18/h10-11H,1-7,9H2,(H,15,16)(H,17,18)/t10-,11+/m1/s1. The van der Waals surface area contributed by atoms with Gasteiger partial charge >= 0.3 is 5.97 Å². The third-order valence-electron chi connectivity index (χ3n) is 3.43. The van der Waals surface area contributed by atoms with Gasteiger partial charge < -0.3 is 10.4 Å². The molecular formula is C13H20N2O3. The second-order valence-corrected chi connectivity index (χ2v) is 4.74. The number of carbonyl (C=O) groups is 2. The number of rotatable bonds is 6. The summed E-state index contributed by atoms with van der Waals surface area (Å²) in [5, 5.41) is 20.2. The summed E-state index contributed by atoms with van der Waals surface area (Å²) in [5.41, 5.74) is 0. The lowest BCUT2D eigenvalue weighted by Gasteiger charge is -2.27. The minimum Gasteiger partial charge on any atom is -0.481 e. The molecule has 1 amide bonds. The number of carboxylic acids is 1. The molecule has 2 N–H and O–H groups in total. The number of amides is 1. The van der Waals surface area contributed by atoms with Crippen molar-refractivity contribution in [2.75, 3.05) is 6.54 Å². The van der Waals surface area contributed by atoms with Crippen LogP contribution in [0.4, 0.5) is 0 Å². The quantitative estimate of drug-likeness (QED) is 0.704. The van der Waals surface area contributed by atoms with Crippen molar-refractivity contribution in [2.45, 2.75) is 44.9 Å². The summed E-state index contributed by atoms with van der Waals surface area (Å²) in [6.45, 7) is 0.531. The van der Waals surface area contributed by atoms with Crippen LogP contribution in [0, 0.1) is 23.2 Å². The van der Waals surface area contributed by atoms with E-state index in [0.29, 0.717) is 25.8 Å². The average molecular weight is 252 g/mol. The zero-order chi connectivity index (χ0) is 13.4. The van der Waals surface area contributed by atoms with E-state index in [9.17, 15) is 9.59 Å². The van der Waals surface area contributed by atoms with Gasteiger partial charge in [0.25, 0.3) is 0 Å². The topological polar surface area (TPSA) is 90.2 Å². The molecule has 0 aromatic heterocycles. The Hall–Kier alpha value is -1.57. The Balaban J connectivity index is 2.34.